The number of rotatable bonds is 6. The van der Waals surface area contributed by atoms with Crippen molar-refractivity contribution < 1.29 is 18.5 Å². The highest BCUT2D eigenvalue weighted by Crippen LogP contribution is 2.37. The van der Waals surface area contributed by atoms with Crippen molar-refractivity contribution >= 4 is 33.4 Å². The molecule has 1 aliphatic carbocycles. The van der Waals surface area contributed by atoms with E-state index in [9.17, 15) is 9.59 Å². The molecule has 30 heavy (non-hydrogen) atoms. The minimum atomic E-state index is -0.555. The highest BCUT2D eigenvalue weighted by Gasteiger charge is 2.41. The molecule has 156 valence electrons. The van der Waals surface area contributed by atoms with E-state index in [0.29, 0.717) is 22.1 Å². The summed E-state index contributed by atoms with van der Waals surface area (Å²) in [7, 11) is 0. The summed E-state index contributed by atoms with van der Waals surface area (Å²) < 4.78 is 10.9. The summed E-state index contributed by atoms with van der Waals surface area (Å²) in [5, 5.41) is 9.93. The molecule has 2 N–H and O–H groups in total. The van der Waals surface area contributed by atoms with Crippen molar-refractivity contribution in [2.75, 3.05) is 5.32 Å². The second-order valence-electron chi connectivity index (χ2n) is 7.41. The van der Waals surface area contributed by atoms with Crippen molar-refractivity contribution in [1.29, 1.82) is 0 Å². The minimum absolute atomic E-state index is 0.100. The zero-order valence-corrected chi connectivity index (χ0v) is 18.0. The molecule has 2 aromatic heterocycles. The van der Waals surface area contributed by atoms with Crippen LogP contribution in [-0.2, 0) is 16.8 Å². The Labute approximate surface area is 181 Å². The zero-order valence-electron chi connectivity index (χ0n) is 16.4. The van der Waals surface area contributed by atoms with Crippen LogP contribution in [0.15, 0.2) is 50.0 Å². The maximum Gasteiger partial charge on any atom is 0.291 e. The third kappa shape index (κ3) is 4.46. The van der Waals surface area contributed by atoms with Crippen LogP contribution in [0.1, 0.15) is 53.5 Å². The molecule has 0 radical (unpaired) electrons. The summed E-state index contributed by atoms with van der Waals surface area (Å²) >= 11 is 3.17. The van der Waals surface area contributed by atoms with Crippen molar-refractivity contribution in [3.8, 4) is 0 Å². The standard InChI is InChI=1S/C21H21BrN4O4/c1-13-23-20(26-30-13)21(10-2-3-11-21)25-18(27)12-14-4-6-15(7-5-14)24-19(28)16-8-9-17(22)29-16/h4-9H,2-3,10-12H2,1H3,(H,24,28)(H,25,27). The van der Waals surface area contributed by atoms with Crippen molar-refractivity contribution in [2.45, 2.75) is 44.6 Å². The molecule has 1 aliphatic rings. The number of carbonyl (C=O) groups excluding carboxylic acids is 2. The Morgan fingerprint density at radius 1 is 1.13 bits per heavy atom. The summed E-state index contributed by atoms with van der Waals surface area (Å²) in [5.41, 5.74) is 0.898. The number of anilines is 1. The molecule has 0 saturated heterocycles. The lowest BCUT2D eigenvalue weighted by atomic mass is 9.96. The predicted molar refractivity (Wildman–Crippen MR) is 112 cm³/mol. The minimum Gasteiger partial charge on any atom is -0.444 e. The zero-order chi connectivity index (χ0) is 21.1. The summed E-state index contributed by atoms with van der Waals surface area (Å²) in [6.07, 6.45) is 3.83. The van der Waals surface area contributed by atoms with Crippen LogP contribution in [0.4, 0.5) is 5.69 Å². The lowest BCUT2D eigenvalue weighted by Crippen LogP contribution is -2.45. The molecular weight excluding hydrogens is 452 g/mol. The van der Waals surface area contributed by atoms with Crippen LogP contribution in [0.2, 0.25) is 0 Å². The van der Waals surface area contributed by atoms with Gasteiger partial charge in [0.1, 0.15) is 5.54 Å². The Bertz CT molecular complexity index is 1050. The fourth-order valence-electron chi connectivity index (χ4n) is 3.71. The summed E-state index contributed by atoms with van der Waals surface area (Å²) in [6.45, 7) is 1.74. The molecule has 0 bridgehead atoms. The van der Waals surface area contributed by atoms with Crippen LogP contribution < -0.4 is 10.6 Å². The first-order chi connectivity index (χ1) is 14.4. The Balaban J connectivity index is 1.38. The highest BCUT2D eigenvalue weighted by molar-refractivity contribution is 9.10. The Morgan fingerprint density at radius 3 is 2.47 bits per heavy atom. The first-order valence-corrected chi connectivity index (χ1v) is 10.5. The van der Waals surface area contributed by atoms with Crippen molar-refractivity contribution in [3.05, 3.63) is 64.1 Å². The molecule has 1 saturated carbocycles. The van der Waals surface area contributed by atoms with Gasteiger partial charge in [0.15, 0.2) is 16.3 Å². The molecule has 9 heteroatoms. The molecule has 0 atom stereocenters. The van der Waals surface area contributed by atoms with E-state index >= 15 is 0 Å². The lowest BCUT2D eigenvalue weighted by molar-refractivity contribution is -0.122. The van der Waals surface area contributed by atoms with Gasteiger partial charge in [-0.25, -0.2) is 0 Å². The van der Waals surface area contributed by atoms with Crippen LogP contribution in [0.3, 0.4) is 0 Å². The molecule has 0 spiro atoms. The number of aryl methyl sites for hydroxylation is 1. The SMILES string of the molecule is Cc1nc(C2(NC(=O)Cc3ccc(NC(=O)c4ccc(Br)o4)cc3)CCCC2)no1. The van der Waals surface area contributed by atoms with Gasteiger partial charge < -0.3 is 19.6 Å². The van der Waals surface area contributed by atoms with Crippen molar-refractivity contribution in [1.82, 2.24) is 15.5 Å². The number of furan rings is 1. The van der Waals surface area contributed by atoms with Crippen LogP contribution in [-0.4, -0.2) is 22.0 Å². The van der Waals surface area contributed by atoms with Crippen molar-refractivity contribution in [3.63, 3.8) is 0 Å². The van der Waals surface area contributed by atoms with Gasteiger partial charge in [0.2, 0.25) is 11.8 Å². The van der Waals surface area contributed by atoms with Gasteiger partial charge >= 0.3 is 0 Å². The van der Waals surface area contributed by atoms with Gasteiger partial charge in [-0.1, -0.05) is 30.1 Å². The monoisotopic (exact) mass is 472 g/mol. The van der Waals surface area contributed by atoms with Gasteiger partial charge in [-0.05, 0) is 58.6 Å². The van der Waals surface area contributed by atoms with E-state index in [4.69, 9.17) is 8.94 Å². The molecule has 0 unspecified atom stereocenters. The third-order valence-corrected chi connectivity index (χ3v) is 5.59. The van der Waals surface area contributed by atoms with Crippen LogP contribution in [0.5, 0.6) is 0 Å². The van der Waals surface area contributed by atoms with Crippen LogP contribution in [0, 0.1) is 6.92 Å². The van der Waals surface area contributed by atoms with Crippen LogP contribution in [0.25, 0.3) is 0 Å². The van der Waals surface area contributed by atoms with Gasteiger partial charge in [-0.2, -0.15) is 4.98 Å². The van der Waals surface area contributed by atoms with Gasteiger partial charge in [0.25, 0.3) is 5.91 Å². The number of halogens is 1. The van der Waals surface area contributed by atoms with Crippen LogP contribution >= 0.6 is 15.9 Å². The van der Waals surface area contributed by atoms with E-state index < -0.39 is 5.54 Å². The fraction of sp³-hybridized carbons (Fsp3) is 0.333. The van der Waals surface area contributed by atoms with Gasteiger partial charge in [-0.15, -0.1) is 0 Å². The number of nitrogens with one attached hydrogen (secondary N) is 2. The third-order valence-electron chi connectivity index (χ3n) is 5.16. The summed E-state index contributed by atoms with van der Waals surface area (Å²) in [4.78, 5) is 29.2. The second kappa shape index (κ2) is 8.43. The van der Waals surface area contributed by atoms with E-state index in [1.165, 1.54) is 0 Å². The summed E-state index contributed by atoms with van der Waals surface area (Å²) in [6, 6.07) is 10.4. The van der Waals surface area contributed by atoms with Gasteiger partial charge in [0, 0.05) is 12.6 Å². The number of hydrogen-bond acceptors (Lipinski definition) is 6. The Hall–Kier alpha value is -2.94. The van der Waals surface area contributed by atoms with Gasteiger partial charge in [-0.3, -0.25) is 9.59 Å². The quantitative estimate of drug-likeness (QED) is 0.558. The maximum absolute atomic E-state index is 12.7. The fourth-order valence-corrected chi connectivity index (χ4v) is 4.01. The normalized spacial score (nSPS) is 15.1. The number of amides is 2. The average molecular weight is 473 g/mol. The second-order valence-corrected chi connectivity index (χ2v) is 8.19. The van der Waals surface area contributed by atoms with E-state index in [1.807, 2.05) is 12.1 Å². The summed E-state index contributed by atoms with van der Waals surface area (Å²) in [5.74, 6) is 0.809. The molecule has 3 aromatic rings. The molecule has 2 amide bonds. The highest BCUT2D eigenvalue weighted by atomic mass is 79.9. The molecule has 1 fully saturated rings. The van der Waals surface area contributed by atoms with E-state index in [0.717, 1.165) is 31.2 Å². The number of carbonyl (C=O) groups is 2. The van der Waals surface area contributed by atoms with E-state index in [-0.39, 0.29) is 24.0 Å². The first-order valence-electron chi connectivity index (χ1n) is 9.71. The number of aromatic nitrogens is 2. The predicted octanol–water partition coefficient (Wildman–Crippen LogP) is 4.11. The average Bonchev–Trinajstić information content (AvgIpc) is 3.45. The smallest absolute Gasteiger partial charge is 0.291 e. The molecule has 1 aromatic carbocycles. The lowest BCUT2D eigenvalue weighted by Gasteiger charge is -2.26. The molecular formula is C21H21BrN4O4. The van der Waals surface area contributed by atoms with E-state index in [2.05, 4.69) is 36.7 Å². The van der Waals surface area contributed by atoms with Gasteiger partial charge in [0.05, 0.1) is 6.42 Å². The van der Waals surface area contributed by atoms with E-state index in [1.54, 1.807) is 31.2 Å². The number of nitrogens with zero attached hydrogens (tertiary/aromatic N) is 2. The number of benzene rings is 1. The maximum atomic E-state index is 12.7. The molecule has 2 heterocycles. The molecule has 8 nitrogen and oxygen atoms in total. The molecule has 0 aliphatic heterocycles. The topological polar surface area (TPSA) is 110 Å². The molecule has 4 rings (SSSR count). The Kier molecular flexibility index (Phi) is 5.72. The Morgan fingerprint density at radius 2 is 1.87 bits per heavy atom. The largest absolute Gasteiger partial charge is 0.444 e. The van der Waals surface area contributed by atoms with Crippen molar-refractivity contribution in [2.24, 2.45) is 0 Å². The first kappa shape index (κ1) is 20.3. The number of hydrogen-bond donors (Lipinski definition) is 2.